The Labute approximate surface area is 65.2 Å². The highest BCUT2D eigenvalue weighted by molar-refractivity contribution is 4.87. The van der Waals surface area contributed by atoms with Crippen LogP contribution in [0.25, 0.3) is 0 Å². The van der Waals surface area contributed by atoms with Gasteiger partial charge < -0.3 is 5.32 Å². The van der Waals surface area contributed by atoms with Crippen molar-refractivity contribution in [3.63, 3.8) is 0 Å². The molecule has 0 aromatic heterocycles. The van der Waals surface area contributed by atoms with Crippen LogP contribution in [0.5, 0.6) is 0 Å². The van der Waals surface area contributed by atoms with Crippen molar-refractivity contribution in [2.24, 2.45) is 5.41 Å². The lowest BCUT2D eigenvalue weighted by Gasteiger charge is -2.21. The van der Waals surface area contributed by atoms with Gasteiger partial charge in [0.05, 0.1) is 0 Å². The number of hydrogen-bond donors (Lipinski definition) is 1. The summed E-state index contributed by atoms with van der Waals surface area (Å²) in [6.07, 6.45) is 1.33. The van der Waals surface area contributed by atoms with E-state index in [1.165, 1.54) is 13.0 Å². The Balaban J connectivity index is 0.000000371. The predicted octanol–water partition coefficient (Wildman–Crippen LogP) is 2.42. The third-order valence-corrected chi connectivity index (χ3v) is 2.39. The molecule has 1 N–H and O–H groups in total. The fourth-order valence-electron chi connectivity index (χ4n) is 1.10. The fourth-order valence-corrected chi connectivity index (χ4v) is 1.10. The van der Waals surface area contributed by atoms with E-state index in [-0.39, 0.29) is 0 Å². The molecule has 0 amide bonds. The lowest BCUT2D eigenvalue weighted by molar-refractivity contribution is 0.332. The van der Waals surface area contributed by atoms with Gasteiger partial charge in [-0.3, -0.25) is 0 Å². The minimum absolute atomic E-state index is 0.542. The summed E-state index contributed by atoms with van der Waals surface area (Å²) >= 11 is 0. The van der Waals surface area contributed by atoms with Gasteiger partial charge in [-0.25, -0.2) is 0 Å². The van der Waals surface area contributed by atoms with Crippen LogP contribution < -0.4 is 5.32 Å². The minimum Gasteiger partial charge on any atom is -0.314 e. The van der Waals surface area contributed by atoms with Crippen molar-refractivity contribution < 1.29 is 0 Å². The maximum Gasteiger partial charge on any atom is 0.00903 e. The smallest absolute Gasteiger partial charge is 0.00903 e. The molecular formula is C9H21N. The molecule has 0 saturated carbocycles. The van der Waals surface area contributed by atoms with Crippen LogP contribution in [-0.2, 0) is 0 Å². The van der Waals surface area contributed by atoms with Crippen molar-refractivity contribution in [1.29, 1.82) is 0 Å². The summed E-state index contributed by atoms with van der Waals surface area (Å²) in [4.78, 5) is 0. The highest BCUT2D eigenvalue weighted by atomic mass is 15.0. The molecule has 1 heteroatoms. The average molecular weight is 143 g/mol. The van der Waals surface area contributed by atoms with Gasteiger partial charge in [-0.05, 0) is 25.3 Å². The monoisotopic (exact) mass is 143 g/mol. The van der Waals surface area contributed by atoms with Crippen molar-refractivity contribution in [2.75, 3.05) is 6.54 Å². The van der Waals surface area contributed by atoms with Gasteiger partial charge in [0.1, 0.15) is 0 Å². The third-order valence-electron chi connectivity index (χ3n) is 2.39. The van der Waals surface area contributed by atoms with Gasteiger partial charge >= 0.3 is 0 Å². The van der Waals surface area contributed by atoms with Crippen molar-refractivity contribution in [1.82, 2.24) is 5.32 Å². The minimum atomic E-state index is 0.542. The highest BCUT2D eigenvalue weighted by Crippen LogP contribution is 2.28. The zero-order valence-electron chi connectivity index (χ0n) is 7.99. The van der Waals surface area contributed by atoms with Gasteiger partial charge in [-0.15, -0.1) is 0 Å². The van der Waals surface area contributed by atoms with Crippen LogP contribution in [0.4, 0.5) is 0 Å². The standard InChI is InChI=1S/C7H15N.C2H6/c1-6-7(2,3)4-5-8-6;1-2/h6,8H,4-5H2,1-3H3;1-2H3. The Morgan fingerprint density at radius 2 is 1.80 bits per heavy atom. The fraction of sp³-hybridized carbons (Fsp3) is 1.00. The molecule has 0 aliphatic carbocycles. The third kappa shape index (κ3) is 2.30. The van der Waals surface area contributed by atoms with E-state index in [9.17, 15) is 0 Å². The SMILES string of the molecule is CC.CC1NCCC1(C)C. The van der Waals surface area contributed by atoms with Crippen molar-refractivity contribution in [2.45, 2.75) is 47.1 Å². The first-order chi connectivity index (χ1) is 4.63. The summed E-state index contributed by atoms with van der Waals surface area (Å²) in [5.41, 5.74) is 0.542. The largest absolute Gasteiger partial charge is 0.314 e. The Morgan fingerprint density at radius 1 is 1.30 bits per heavy atom. The Bertz CT molecular complexity index is 86.7. The lowest BCUT2D eigenvalue weighted by atomic mass is 9.86. The number of rotatable bonds is 0. The van der Waals surface area contributed by atoms with E-state index in [4.69, 9.17) is 0 Å². The highest BCUT2D eigenvalue weighted by Gasteiger charge is 2.29. The van der Waals surface area contributed by atoms with Crippen LogP contribution in [0.1, 0.15) is 41.0 Å². The topological polar surface area (TPSA) is 12.0 Å². The van der Waals surface area contributed by atoms with Crippen LogP contribution in [0, 0.1) is 5.41 Å². The van der Waals surface area contributed by atoms with E-state index in [1.54, 1.807) is 0 Å². The summed E-state index contributed by atoms with van der Waals surface area (Å²) in [5.74, 6) is 0. The van der Waals surface area contributed by atoms with E-state index < -0.39 is 0 Å². The van der Waals surface area contributed by atoms with Gasteiger partial charge in [-0.1, -0.05) is 27.7 Å². The van der Waals surface area contributed by atoms with E-state index in [0.29, 0.717) is 11.5 Å². The van der Waals surface area contributed by atoms with Crippen molar-refractivity contribution in [3.8, 4) is 0 Å². The van der Waals surface area contributed by atoms with Crippen LogP contribution in [0.2, 0.25) is 0 Å². The van der Waals surface area contributed by atoms with Gasteiger partial charge in [0.2, 0.25) is 0 Å². The first kappa shape index (κ1) is 9.96. The molecule has 1 atom stereocenters. The maximum atomic E-state index is 3.41. The quantitative estimate of drug-likeness (QED) is 0.549. The van der Waals surface area contributed by atoms with Gasteiger partial charge in [0.15, 0.2) is 0 Å². The summed E-state index contributed by atoms with van der Waals surface area (Å²) in [7, 11) is 0. The molecule has 1 rings (SSSR count). The molecule has 0 spiro atoms. The molecule has 1 fully saturated rings. The molecule has 0 aromatic carbocycles. The normalized spacial score (nSPS) is 29.1. The zero-order valence-corrected chi connectivity index (χ0v) is 7.99. The van der Waals surface area contributed by atoms with E-state index in [1.807, 2.05) is 13.8 Å². The molecule has 10 heavy (non-hydrogen) atoms. The predicted molar refractivity (Wildman–Crippen MR) is 47.2 cm³/mol. The Kier molecular flexibility index (Phi) is 3.95. The van der Waals surface area contributed by atoms with E-state index >= 15 is 0 Å². The Hall–Kier alpha value is -0.0400. The second kappa shape index (κ2) is 3.97. The maximum absolute atomic E-state index is 3.41. The molecule has 1 heterocycles. The summed E-state index contributed by atoms with van der Waals surface area (Å²) < 4.78 is 0. The van der Waals surface area contributed by atoms with E-state index in [0.717, 1.165) is 0 Å². The molecule has 0 aromatic rings. The first-order valence-electron chi connectivity index (χ1n) is 4.36. The number of hydrogen-bond acceptors (Lipinski definition) is 1. The van der Waals surface area contributed by atoms with Crippen LogP contribution in [0.3, 0.4) is 0 Å². The molecular weight excluding hydrogens is 122 g/mol. The van der Waals surface area contributed by atoms with Crippen LogP contribution >= 0.6 is 0 Å². The molecule has 1 nitrogen and oxygen atoms in total. The number of nitrogens with one attached hydrogen (secondary N) is 1. The molecule has 0 bridgehead atoms. The average Bonchev–Trinajstić information content (AvgIpc) is 2.17. The van der Waals surface area contributed by atoms with Crippen molar-refractivity contribution >= 4 is 0 Å². The second-order valence-electron chi connectivity index (χ2n) is 3.41. The van der Waals surface area contributed by atoms with Gasteiger partial charge in [-0.2, -0.15) is 0 Å². The van der Waals surface area contributed by atoms with Gasteiger partial charge in [0, 0.05) is 6.04 Å². The second-order valence-corrected chi connectivity index (χ2v) is 3.41. The summed E-state index contributed by atoms with van der Waals surface area (Å²) in [6, 6.07) is 0.711. The lowest BCUT2D eigenvalue weighted by Crippen LogP contribution is -2.28. The van der Waals surface area contributed by atoms with Gasteiger partial charge in [0.25, 0.3) is 0 Å². The van der Waals surface area contributed by atoms with Crippen LogP contribution in [-0.4, -0.2) is 12.6 Å². The first-order valence-corrected chi connectivity index (χ1v) is 4.36. The molecule has 1 aliphatic rings. The van der Waals surface area contributed by atoms with E-state index in [2.05, 4.69) is 26.1 Å². The molecule has 62 valence electrons. The zero-order chi connectivity index (χ0) is 8.20. The summed E-state index contributed by atoms with van der Waals surface area (Å²) in [5, 5.41) is 3.41. The molecule has 0 radical (unpaired) electrons. The van der Waals surface area contributed by atoms with Crippen molar-refractivity contribution in [3.05, 3.63) is 0 Å². The van der Waals surface area contributed by atoms with Crippen LogP contribution in [0.15, 0.2) is 0 Å². The summed E-state index contributed by atoms with van der Waals surface area (Å²) in [6.45, 7) is 12.1. The molecule has 1 aliphatic heterocycles. The molecule has 1 unspecified atom stereocenters. The Morgan fingerprint density at radius 3 is 1.90 bits per heavy atom. The molecule has 1 saturated heterocycles.